The summed E-state index contributed by atoms with van der Waals surface area (Å²) in [7, 11) is -3.37. The molecule has 1 atom stereocenters. The maximum absolute atomic E-state index is 12.1. The van der Waals surface area contributed by atoms with Gasteiger partial charge < -0.3 is 4.74 Å². The van der Waals surface area contributed by atoms with Gasteiger partial charge >= 0.3 is 0 Å². The molecule has 1 N–H and O–H groups in total. The van der Waals surface area contributed by atoms with Crippen LogP contribution in [0.1, 0.15) is 11.7 Å². The molecule has 2 aromatic rings. The SMILES string of the molecule is O=S(=O)(NCCN1CCOC(c2ccccc2)C1)c1cccs1. The van der Waals surface area contributed by atoms with E-state index in [1.54, 1.807) is 17.5 Å². The second kappa shape index (κ2) is 7.55. The van der Waals surface area contributed by atoms with E-state index >= 15 is 0 Å². The highest BCUT2D eigenvalue weighted by Gasteiger charge is 2.22. The number of rotatable bonds is 6. The van der Waals surface area contributed by atoms with E-state index in [-0.39, 0.29) is 6.10 Å². The number of sulfonamides is 1. The fourth-order valence-electron chi connectivity index (χ4n) is 2.60. The predicted molar refractivity (Wildman–Crippen MR) is 91.1 cm³/mol. The summed E-state index contributed by atoms with van der Waals surface area (Å²) in [5.74, 6) is 0. The Morgan fingerprint density at radius 1 is 1.22 bits per heavy atom. The van der Waals surface area contributed by atoms with E-state index in [2.05, 4.69) is 21.8 Å². The van der Waals surface area contributed by atoms with E-state index < -0.39 is 10.0 Å². The van der Waals surface area contributed by atoms with Crippen molar-refractivity contribution in [2.45, 2.75) is 10.3 Å². The molecule has 1 unspecified atom stereocenters. The lowest BCUT2D eigenvalue weighted by molar-refractivity contribution is -0.0291. The van der Waals surface area contributed by atoms with Gasteiger partial charge in [-0.3, -0.25) is 4.90 Å². The maximum Gasteiger partial charge on any atom is 0.250 e. The number of hydrogen-bond donors (Lipinski definition) is 1. The molecule has 0 amide bonds. The summed E-state index contributed by atoms with van der Waals surface area (Å²) in [4.78, 5) is 2.23. The lowest BCUT2D eigenvalue weighted by Gasteiger charge is -2.33. The van der Waals surface area contributed by atoms with Crippen molar-refractivity contribution in [1.29, 1.82) is 0 Å². The minimum absolute atomic E-state index is 0.0545. The summed E-state index contributed by atoms with van der Waals surface area (Å²) in [5, 5.41) is 1.76. The quantitative estimate of drug-likeness (QED) is 0.865. The number of benzene rings is 1. The number of thiophene rings is 1. The van der Waals surface area contributed by atoms with Crippen molar-refractivity contribution in [3.63, 3.8) is 0 Å². The van der Waals surface area contributed by atoms with Gasteiger partial charge in [-0.05, 0) is 17.0 Å². The van der Waals surface area contributed by atoms with Gasteiger partial charge in [-0.1, -0.05) is 36.4 Å². The van der Waals surface area contributed by atoms with Crippen LogP contribution < -0.4 is 4.72 Å². The van der Waals surface area contributed by atoms with Crippen LogP contribution in [-0.2, 0) is 14.8 Å². The number of nitrogens with zero attached hydrogens (tertiary/aromatic N) is 1. The summed E-state index contributed by atoms with van der Waals surface area (Å²) >= 11 is 1.23. The van der Waals surface area contributed by atoms with Crippen molar-refractivity contribution >= 4 is 21.4 Å². The highest BCUT2D eigenvalue weighted by atomic mass is 32.2. The monoisotopic (exact) mass is 352 g/mol. The van der Waals surface area contributed by atoms with Crippen LogP contribution in [0.15, 0.2) is 52.1 Å². The summed E-state index contributed by atoms with van der Waals surface area (Å²) in [5.41, 5.74) is 1.16. The first-order chi connectivity index (χ1) is 11.1. The van der Waals surface area contributed by atoms with E-state index in [4.69, 9.17) is 4.74 Å². The molecule has 1 aromatic carbocycles. The van der Waals surface area contributed by atoms with Crippen LogP contribution in [-0.4, -0.2) is 46.1 Å². The number of hydrogen-bond acceptors (Lipinski definition) is 5. The third-order valence-corrected chi connectivity index (χ3v) is 6.66. The van der Waals surface area contributed by atoms with Crippen molar-refractivity contribution < 1.29 is 13.2 Å². The lowest BCUT2D eigenvalue weighted by Crippen LogP contribution is -2.42. The zero-order valence-corrected chi connectivity index (χ0v) is 14.4. The largest absolute Gasteiger partial charge is 0.371 e. The second-order valence-corrected chi connectivity index (χ2v) is 8.34. The smallest absolute Gasteiger partial charge is 0.250 e. The average molecular weight is 352 g/mol. The Hall–Kier alpha value is -1.25. The van der Waals surface area contributed by atoms with Crippen LogP contribution in [0.2, 0.25) is 0 Å². The van der Waals surface area contributed by atoms with Crippen LogP contribution in [0.5, 0.6) is 0 Å². The van der Waals surface area contributed by atoms with E-state index in [9.17, 15) is 8.42 Å². The molecule has 1 aliphatic rings. The fraction of sp³-hybridized carbons (Fsp3) is 0.375. The molecule has 0 radical (unpaired) electrons. The van der Waals surface area contributed by atoms with E-state index in [1.165, 1.54) is 11.3 Å². The van der Waals surface area contributed by atoms with Gasteiger partial charge in [0.1, 0.15) is 4.21 Å². The first-order valence-corrected chi connectivity index (χ1v) is 9.93. The molecular weight excluding hydrogens is 332 g/mol. The van der Waals surface area contributed by atoms with Crippen LogP contribution >= 0.6 is 11.3 Å². The van der Waals surface area contributed by atoms with Gasteiger partial charge in [0.05, 0.1) is 12.7 Å². The molecule has 3 rings (SSSR count). The first-order valence-electron chi connectivity index (χ1n) is 7.57. The Morgan fingerprint density at radius 2 is 2.04 bits per heavy atom. The van der Waals surface area contributed by atoms with E-state index in [1.807, 2.05) is 18.2 Å². The summed E-state index contributed by atoms with van der Waals surface area (Å²) in [6.07, 6.45) is 0.0545. The molecule has 0 bridgehead atoms. The van der Waals surface area contributed by atoms with Gasteiger partial charge in [-0.2, -0.15) is 0 Å². The second-order valence-electron chi connectivity index (χ2n) is 5.40. The molecule has 1 fully saturated rings. The molecular formula is C16H20N2O3S2. The van der Waals surface area contributed by atoms with Crippen molar-refractivity contribution in [2.75, 3.05) is 32.8 Å². The molecule has 124 valence electrons. The van der Waals surface area contributed by atoms with Crippen molar-refractivity contribution in [3.8, 4) is 0 Å². The van der Waals surface area contributed by atoms with Gasteiger partial charge in [0.15, 0.2) is 0 Å². The van der Waals surface area contributed by atoms with Gasteiger partial charge in [-0.25, -0.2) is 13.1 Å². The molecule has 1 saturated heterocycles. The topological polar surface area (TPSA) is 58.6 Å². The summed E-state index contributed by atoms with van der Waals surface area (Å²) in [6, 6.07) is 13.5. The molecule has 0 saturated carbocycles. The standard InChI is InChI=1S/C16H20N2O3S2/c19-23(20,16-7-4-12-22-16)17-8-9-18-10-11-21-15(13-18)14-5-2-1-3-6-14/h1-7,12,15,17H,8-11,13H2. The zero-order valence-electron chi connectivity index (χ0n) is 12.7. The fourth-order valence-corrected chi connectivity index (χ4v) is 4.66. The number of morpholine rings is 1. The Balaban J connectivity index is 1.51. The highest BCUT2D eigenvalue weighted by Crippen LogP contribution is 2.21. The van der Waals surface area contributed by atoms with Gasteiger partial charge in [0, 0.05) is 26.2 Å². The third-order valence-electron chi connectivity index (χ3n) is 3.80. The molecule has 5 nitrogen and oxygen atoms in total. The number of nitrogens with one attached hydrogen (secondary N) is 1. The molecule has 23 heavy (non-hydrogen) atoms. The van der Waals surface area contributed by atoms with Crippen LogP contribution in [0.3, 0.4) is 0 Å². The normalized spacial score (nSPS) is 19.7. The molecule has 1 aromatic heterocycles. The molecule has 1 aliphatic heterocycles. The average Bonchev–Trinajstić information content (AvgIpc) is 3.11. The molecule has 7 heteroatoms. The third kappa shape index (κ3) is 4.39. The van der Waals surface area contributed by atoms with Crippen LogP contribution in [0.25, 0.3) is 0 Å². The van der Waals surface area contributed by atoms with Crippen LogP contribution in [0, 0.1) is 0 Å². The summed E-state index contributed by atoms with van der Waals surface area (Å²) < 4.78 is 33.0. The minimum Gasteiger partial charge on any atom is -0.371 e. The molecule has 0 aliphatic carbocycles. The zero-order chi connectivity index (χ0) is 16.1. The Labute approximate surface area is 140 Å². The van der Waals surface area contributed by atoms with Gasteiger partial charge in [-0.15, -0.1) is 11.3 Å². The van der Waals surface area contributed by atoms with E-state index in [0.29, 0.717) is 23.9 Å². The maximum atomic E-state index is 12.1. The molecule has 0 spiro atoms. The van der Waals surface area contributed by atoms with E-state index in [0.717, 1.165) is 18.7 Å². The predicted octanol–water partition coefficient (Wildman–Crippen LogP) is 2.10. The van der Waals surface area contributed by atoms with Crippen molar-refractivity contribution in [1.82, 2.24) is 9.62 Å². The molecule has 2 heterocycles. The first kappa shape index (κ1) is 16.6. The van der Waals surface area contributed by atoms with Gasteiger partial charge in [0.25, 0.3) is 0 Å². The highest BCUT2D eigenvalue weighted by molar-refractivity contribution is 7.91. The van der Waals surface area contributed by atoms with Crippen molar-refractivity contribution in [2.24, 2.45) is 0 Å². The lowest BCUT2D eigenvalue weighted by atomic mass is 10.1. The van der Waals surface area contributed by atoms with Gasteiger partial charge in [0.2, 0.25) is 10.0 Å². The number of ether oxygens (including phenoxy) is 1. The van der Waals surface area contributed by atoms with Crippen LogP contribution in [0.4, 0.5) is 0 Å². The Kier molecular flexibility index (Phi) is 5.45. The van der Waals surface area contributed by atoms with Crippen molar-refractivity contribution in [3.05, 3.63) is 53.4 Å². The Bertz CT molecular complexity index is 702. The Morgan fingerprint density at radius 3 is 2.78 bits per heavy atom. The summed E-state index contributed by atoms with van der Waals surface area (Å²) in [6.45, 7) is 3.35. The minimum atomic E-state index is -3.37.